The van der Waals surface area contributed by atoms with Crippen LogP contribution < -0.4 is 4.90 Å². The van der Waals surface area contributed by atoms with Crippen molar-refractivity contribution in [2.75, 3.05) is 11.9 Å². The third-order valence-electron chi connectivity index (χ3n) is 4.31. The molecule has 0 radical (unpaired) electrons. The van der Waals surface area contributed by atoms with E-state index in [1.165, 1.54) is 9.80 Å². The highest BCUT2D eigenvalue weighted by molar-refractivity contribution is 8.18. The van der Waals surface area contributed by atoms with Crippen molar-refractivity contribution in [3.63, 3.8) is 0 Å². The molecule has 0 aliphatic carbocycles. The van der Waals surface area contributed by atoms with Crippen LogP contribution in [-0.2, 0) is 16.1 Å². The van der Waals surface area contributed by atoms with Gasteiger partial charge in [0.15, 0.2) is 0 Å². The van der Waals surface area contributed by atoms with Gasteiger partial charge in [0.1, 0.15) is 0 Å². The van der Waals surface area contributed by atoms with Gasteiger partial charge in [-0.2, -0.15) is 0 Å². The van der Waals surface area contributed by atoms with Crippen LogP contribution in [0.5, 0.6) is 0 Å². The lowest BCUT2D eigenvalue weighted by atomic mass is 10.1. The summed E-state index contributed by atoms with van der Waals surface area (Å²) in [6, 6.07) is 16.6. The minimum atomic E-state index is -0.410. The quantitative estimate of drug-likeness (QED) is 0.780. The molecule has 3 amide bonds. The van der Waals surface area contributed by atoms with Gasteiger partial charge in [-0.05, 0) is 23.4 Å². The number of imide groups is 1. The Morgan fingerprint density at radius 1 is 0.880 bits per heavy atom. The fraction of sp³-hybridized carbons (Fsp3) is 0.105. The zero-order valence-corrected chi connectivity index (χ0v) is 14.2. The summed E-state index contributed by atoms with van der Waals surface area (Å²) >= 11 is 0.837. The first kappa shape index (κ1) is 15.7. The number of amides is 3. The Morgan fingerprint density at radius 2 is 1.56 bits per heavy atom. The highest BCUT2D eigenvalue weighted by atomic mass is 32.2. The van der Waals surface area contributed by atoms with E-state index in [2.05, 4.69) is 0 Å². The van der Waals surface area contributed by atoms with Gasteiger partial charge >= 0.3 is 0 Å². The number of hydrogen-bond donors (Lipinski definition) is 0. The van der Waals surface area contributed by atoms with Crippen molar-refractivity contribution in [1.82, 2.24) is 4.90 Å². The van der Waals surface area contributed by atoms with Gasteiger partial charge in [-0.3, -0.25) is 19.3 Å². The van der Waals surface area contributed by atoms with E-state index in [0.29, 0.717) is 11.1 Å². The second kappa shape index (κ2) is 5.89. The molecule has 5 nitrogen and oxygen atoms in total. The third-order valence-corrected chi connectivity index (χ3v) is 5.29. The van der Waals surface area contributed by atoms with Crippen LogP contribution >= 0.6 is 11.8 Å². The van der Waals surface area contributed by atoms with E-state index in [9.17, 15) is 14.4 Å². The van der Waals surface area contributed by atoms with Crippen LogP contribution in [0.1, 0.15) is 11.1 Å². The summed E-state index contributed by atoms with van der Waals surface area (Å²) < 4.78 is 0. The second-order valence-electron chi connectivity index (χ2n) is 5.83. The van der Waals surface area contributed by atoms with Crippen LogP contribution in [0.2, 0.25) is 0 Å². The summed E-state index contributed by atoms with van der Waals surface area (Å²) in [5.41, 5.74) is 2.63. The standard InChI is InChI=1S/C19H14N2O3S/c1-20-14-10-6-5-9-13(14)15(17(20)22)16-18(23)21(19(24)25-16)11-12-7-3-2-4-8-12/h2-10H,11H2,1H3. The van der Waals surface area contributed by atoms with Crippen molar-refractivity contribution in [3.05, 3.63) is 70.6 Å². The summed E-state index contributed by atoms with van der Waals surface area (Å²) in [6.45, 7) is 0.202. The maximum absolute atomic E-state index is 12.8. The van der Waals surface area contributed by atoms with Crippen molar-refractivity contribution in [1.29, 1.82) is 0 Å². The van der Waals surface area contributed by atoms with E-state index in [0.717, 1.165) is 23.0 Å². The Kier molecular flexibility index (Phi) is 3.69. The first-order valence-corrected chi connectivity index (χ1v) is 8.59. The third kappa shape index (κ3) is 2.46. The number of fused-ring (bicyclic) bond motifs is 1. The van der Waals surface area contributed by atoms with Gasteiger partial charge in [0.25, 0.3) is 17.1 Å². The fourth-order valence-electron chi connectivity index (χ4n) is 3.04. The minimum Gasteiger partial charge on any atom is -0.311 e. The van der Waals surface area contributed by atoms with E-state index in [-0.39, 0.29) is 22.6 Å². The van der Waals surface area contributed by atoms with Gasteiger partial charge in [0.05, 0.1) is 22.7 Å². The lowest BCUT2D eigenvalue weighted by Crippen LogP contribution is -2.28. The molecule has 2 aliphatic heterocycles. The molecule has 1 fully saturated rings. The van der Waals surface area contributed by atoms with Crippen molar-refractivity contribution in [2.45, 2.75) is 6.54 Å². The van der Waals surface area contributed by atoms with E-state index in [1.807, 2.05) is 48.5 Å². The molecule has 0 aromatic heterocycles. The maximum Gasteiger partial charge on any atom is 0.293 e. The average molecular weight is 350 g/mol. The molecule has 0 unspecified atom stereocenters. The van der Waals surface area contributed by atoms with Crippen molar-refractivity contribution < 1.29 is 14.4 Å². The molecule has 25 heavy (non-hydrogen) atoms. The van der Waals surface area contributed by atoms with E-state index in [4.69, 9.17) is 0 Å². The van der Waals surface area contributed by atoms with Crippen LogP contribution in [0.15, 0.2) is 59.5 Å². The van der Waals surface area contributed by atoms with Gasteiger partial charge in [-0.25, -0.2) is 0 Å². The van der Waals surface area contributed by atoms with Crippen LogP contribution in [0.3, 0.4) is 0 Å². The Morgan fingerprint density at radius 3 is 2.32 bits per heavy atom. The van der Waals surface area contributed by atoms with E-state index < -0.39 is 5.91 Å². The number of thioether (sulfide) groups is 1. The van der Waals surface area contributed by atoms with Gasteiger partial charge in [0, 0.05) is 12.6 Å². The summed E-state index contributed by atoms with van der Waals surface area (Å²) in [7, 11) is 1.67. The Hall–Kier alpha value is -2.86. The lowest BCUT2D eigenvalue weighted by Gasteiger charge is -2.12. The molecule has 0 spiro atoms. The molecule has 6 heteroatoms. The molecule has 0 N–H and O–H groups in total. The zero-order chi connectivity index (χ0) is 17.6. The number of rotatable bonds is 2. The Balaban J connectivity index is 1.75. The van der Waals surface area contributed by atoms with Gasteiger partial charge < -0.3 is 4.90 Å². The topological polar surface area (TPSA) is 57.7 Å². The van der Waals surface area contributed by atoms with Crippen LogP contribution in [0, 0.1) is 0 Å². The summed E-state index contributed by atoms with van der Waals surface area (Å²) in [5.74, 6) is -0.668. The summed E-state index contributed by atoms with van der Waals surface area (Å²) in [6.07, 6.45) is 0. The second-order valence-corrected chi connectivity index (χ2v) is 6.79. The average Bonchev–Trinajstić information content (AvgIpc) is 3.04. The van der Waals surface area contributed by atoms with E-state index >= 15 is 0 Å². The number of carbonyl (C=O) groups excluding carboxylic acids is 3. The molecule has 124 valence electrons. The van der Waals surface area contributed by atoms with E-state index in [1.54, 1.807) is 13.1 Å². The number of carbonyl (C=O) groups is 3. The SMILES string of the molecule is CN1C(=O)C(=C2SC(=O)N(Cc3ccccc3)C2=O)c2ccccc21. The molecule has 2 aromatic carbocycles. The predicted octanol–water partition coefficient (Wildman–Crippen LogP) is 3.27. The largest absolute Gasteiger partial charge is 0.311 e. The number of hydrogen-bond acceptors (Lipinski definition) is 4. The molecular formula is C19H14N2O3S. The summed E-state index contributed by atoms with van der Waals surface area (Å²) in [4.78, 5) is 40.7. The Labute approximate surface area is 148 Å². The van der Waals surface area contributed by atoms with Crippen molar-refractivity contribution in [3.8, 4) is 0 Å². The molecule has 2 heterocycles. The first-order chi connectivity index (χ1) is 12.1. The Bertz CT molecular complexity index is 937. The molecule has 4 rings (SSSR count). The lowest BCUT2D eigenvalue weighted by molar-refractivity contribution is -0.123. The highest BCUT2D eigenvalue weighted by Gasteiger charge is 2.42. The van der Waals surface area contributed by atoms with Crippen LogP contribution in [-0.4, -0.2) is 29.0 Å². The van der Waals surface area contributed by atoms with Crippen molar-refractivity contribution in [2.24, 2.45) is 0 Å². The highest BCUT2D eigenvalue weighted by Crippen LogP contribution is 2.44. The normalized spacial score (nSPS) is 19.8. The minimum absolute atomic E-state index is 0.202. The number of benzene rings is 2. The number of nitrogens with zero attached hydrogens (tertiary/aromatic N) is 2. The van der Waals surface area contributed by atoms with Gasteiger partial charge in [-0.1, -0.05) is 48.5 Å². The number of para-hydroxylation sites is 1. The predicted molar refractivity (Wildman–Crippen MR) is 96.8 cm³/mol. The monoisotopic (exact) mass is 350 g/mol. The van der Waals surface area contributed by atoms with Gasteiger partial charge in [0.2, 0.25) is 0 Å². The van der Waals surface area contributed by atoms with Crippen LogP contribution in [0.4, 0.5) is 10.5 Å². The fourth-order valence-corrected chi connectivity index (χ4v) is 3.97. The number of anilines is 1. The molecule has 0 atom stereocenters. The molecule has 0 bridgehead atoms. The zero-order valence-electron chi connectivity index (χ0n) is 13.4. The molecule has 1 saturated heterocycles. The smallest absolute Gasteiger partial charge is 0.293 e. The molecule has 2 aliphatic rings. The van der Waals surface area contributed by atoms with Crippen molar-refractivity contribution >= 4 is 40.1 Å². The summed E-state index contributed by atoms with van der Waals surface area (Å²) in [5, 5.41) is -0.351. The molecular weight excluding hydrogens is 336 g/mol. The number of likely N-dealkylation sites (N-methyl/N-ethyl adjacent to an activating group) is 1. The molecule has 2 aromatic rings. The molecule has 0 saturated carbocycles. The maximum atomic E-state index is 12.8. The first-order valence-electron chi connectivity index (χ1n) is 7.77. The van der Waals surface area contributed by atoms with Crippen LogP contribution in [0.25, 0.3) is 5.57 Å². The van der Waals surface area contributed by atoms with Gasteiger partial charge in [-0.15, -0.1) is 0 Å².